The molecule has 0 spiro atoms. The topological polar surface area (TPSA) is 57.8 Å². The van der Waals surface area contributed by atoms with Crippen molar-refractivity contribution in [2.24, 2.45) is 5.92 Å². The van der Waals surface area contributed by atoms with E-state index in [0.29, 0.717) is 18.2 Å². The Hall–Kier alpha value is -1.76. The van der Waals surface area contributed by atoms with Gasteiger partial charge in [0, 0.05) is 12.7 Å². The lowest BCUT2D eigenvalue weighted by atomic mass is 10.1. The van der Waals surface area contributed by atoms with Crippen molar-refractivity contribution in [2.45, 2.75) is 33.2 Å². The summed E-state index contributed by atoms with van der Waals surface area (Å²) in [6.07, 6.45) is 2.72. The zero-order valence-electron chi connectivity index (χ0n) is 10.6. The highest BCUT2D eigenvalue weighted by Gasteiger charge is 2.16. The van der Waals surface area contributed by atoms with Crippen LogP contribution in [0, 0.1) is 17.2 Å². The molecular formula is C13H19N3O. The number of rotatable bonds is 5. The number of hydrogen-bond donors (Lipinski definition) is 1. The van der Waals surface area contributed by atoms with E-state index in [0.717, 1.165) is 6.42 Å². The van der Waals surface area contributed by atoms with Crippen molar-refractivity contribution in [1.29, 1.82) is 5.26 Å². The number of hydrogen-bond acceptors (Lipinski definition) is 2. The summed E-state index contributed by atoms with van der Waals surface area (Å²) in [5, 5.41) is 11.8. The fourth-order valence-electron chi connectivity index (χ4n) is 1.58. The number of carbonyl (C=O) groups excluding carboxylic acids is 1. The van der Waals surface area contributed by atoms with E-state index in [1.807, 2.05) is 0 Å². The molecule has 4 nitrogen and oxygen atoms in total. The molecule has 1 atom stereocenters. The van der Waals surface area contributed by atoms with Gasteiger partial charge in [0.05, 0.1) is 0 Å². The van der Waals surface area contributed by atoms with Crippen molar-refractivity contribution < 1.29 is 4.79 Å². The van der Waals surface area contributed by atoms with Crippen molar-refractivity contribution in [2.75, 3.05) is 6.54 Å². The largest absolute Gasteiger partial charge is 0.354 e. The monoisotopic (exact) mass is 233 g/mol. The Morgan fingerprint density at radius 3 is 2.82 bits per heavy atom. The lowest BCUT2D eigenvalue weighted by Gasteiger charge is -2.15. The van der Waals surface area contributed by atoms with Gasteiger partial charge in [-0.3, -0.25) is 4.79 Å². The number of carbonyl (C=O) groups is 1. The highest BCUT2D eigenvalue weighted by molar-refractivity contribution is 5.80. The third kappa shape index (κ3) is 3.63. The van der Waals surface area contributed by atoms with E-state index in [1.165, 1.54) is 0 Å². The van der Waals surface area contributed by atoms with Gasteiger partial charge in [-0.2, -0.15) is 5.26 Å². The van der Waals surface area contributed by atoms with E-state index in [9.17, 15) is 4.79 Å². The second-order valence-electron chi connectivity index (χ2n) is 4.56. The van der Waals surface area contributed by atoms with Crippen molar-refractivity contribution in [3.63, 3.8) is 0 Å². The van der Waals surface area contributed by atoms with Gasteiger partial charge in [-0.1, -0.05) is 13.8 Å². The van der Waals surface area contributed by atoms with Crippen LogP contribution in [0.4, 0.5) is 0 Å². The zero-order chi connectivity index (χ0) is 12.8. The quantitative estimate of drug-likeness (QED) is 0.846. The molecule has 1 heterocycles. The third-order valence-electron chi connectivity index (χ3n) is 2.71. The second-order valence-corrected chi connectivity index (χ2v) is 4.56. The van der Waals surface area contributed by atoms with Crippen molar-refractivity contribution in [3.05, 3.63) is 24.0 Å². The van der Waals surface area contributed by atoms with Gasteiger partial charge >= 0.3 is 0 Å². The van der Waals surface area contributed by atoms with Gasteiger partial charge in [0.25, 0.3) is 0 Å². The molecule has 0 saturated carbocycles. The van der Waals surface area contributed by atoms with E-state index < -0.39 is 0 Å². The smallest absolute Gasteiger partial charge is 0.242 e. The minimum atomic E-state index is -0.341. The Labute approximate surface area is 102 Å². The summed E-state index contributed by atoms with van der Waals surface area (Å²) in [6.45, 7) is 6.72. The molecule has 4 heteroatoms. The highest BCUT2D eigenvalue weighted by Crippen LogP contribution is 2.11. The summed E-state index contributed by atoms with van der Waals surface area (Å²) >= 11 is 0. The zero-order valence-corrected chi connectivity index (χ0v) is 10.6. The highest BCUT2D eigenvalue weighted by atomic mass is 16.2. The van der Waals surface area contributed by atoms with Crippen LogP contribution in [-0.2, 0) is 4.79 Å². The van der Waals surface area contributed by atoms with E-state index >= 15 is 0 Å². The van der Waals surface area contributed by atoms with Crippen LogP contribution in [0.2, 0.25) is 0 Å². The van der Waals surface area contributed by atoms with Crippen LogP contribution in [0.1, 0.15) is 38.9 Å². The number of aromatic nitrogens is 1. The molecule has 0 fully saturated rings. The maximum atomic E-state index is 11.8. The maximum Gasteiger partial charge on any atom is 0.242 e. The van der Waals surface area contributed by atoms with Gasteiger partial charge in [-0.15, -0.1) is 0 Å². The SMILES string of the molecule is CC(C)CCNC(=O)C(C)n1cccc1C#N. The number of amides is 1. The molecule has 0 radical (unpaired) electrons. The molecule has 1 aromatic rings. The fourth-order valence-corrected chi connectivity index (χ4v) is 1.58. The summed E-state index contributed by atoms with van der Waals surface area (Å²) in [5.41, 5.74) is 0.511. The van der Waals surface area contributed by atoms with Crippen LogP contribution in [0.3, 0.4) is 0 Å². The van der Waals surface area contributed by atoms with Crippen molar-refractivity contribution in [1.82, 2.24) is 9.88 Å². The summed E-state index contributed by atoms with van der Waals surface area (Å²) in [6, 6.07) is 5.21. The summed E-state index contributed by atoms with van der Waals surface area (Å²) < 4.78 is 1.69. The molecule has 1 amide bonds. The minimum Gasteiger partial charge on any atom is -0.354 e. The van der Waals surface area contributed by atoms with Crippen LogP contribution >= 0.6 is 0 Å². The average molecular weight is 233 g/mol. The van der Waals surface area contributed by atoms with Crippen LogP contribution in [0.15, 0.2) is 18.3 Å². The standard InChI is InChI=1S/C13H19N3O/c1-10(2)6-7-15-13(17)11(3)16-8-4-5-12(16)9-14/h4-5,8,10-11H,6-7H2,1-3H3,(H,15,17). The third-order valence-corrected chi connectivity index (χ3v) is 2.71. The van der Waals surface area contributed by atoms with Gasteiger partial charge in [-0.25, -0.2) is 0 Å². The summed E-state index contributed by atoms with van der Waals surface area (Å²) in [7, 11) is 0. The normalized spacial score (nSPS) is 12.2. The summed E-state index contributed by atoms with van der Waals surface area (Å²) in [4.78, 5) is 11.8. The van der Waals surface area contributed by atoms with Crippen LogP contribution in [0.25, 0.3) is 0 Å². The van der Waals surface area contributed by atoms with E-state index in [-0.39, 0.29) is 11.9 Å². The maximum absolute atomic E-state index is 11.8. The van der Waals surface area contributed by atoms with E-state index in [1.54, 1.807) is 29.8 Å². The molecule has 1 aromatic heterocycles. The molecule has 92 valence electrons. The van der Waals surface area contributed by atoms with Crippen LogP contribution in [-0.4, -0.2) is 17.0 Å². The van der Waals surface area contributed by atoms with Crippen LogP contribution in [0.5, 0.6) is 0 Å². The first kappa shape index (κ1) is 13.3. The van der Waals surface area contributed by atoms with Gasteiger partial charge in [0.2, 0.25) is 5.91 Å². The molecule has 0 saturated heterocycles. The predicted octanol–water partition coefficient (Wildman–Crippen LogP) is 2.08. The van der Waals surface area contributed by atoms with Gasteiger partial charge < -0.3 is 9.88 Å². The van der Waals surface area contributed by atoms with Crippen molar-refractivity contribution >= 4 is 5.91 Å². The number of nitriles is 1. The van der Waals surface area contributed by atoms with Gasteiger partial charge in [0.15, 0.2) is 0 Å². The first-order chi connectivity index (χ1) is 8.06. The molecule has 17 heavy (non-hydrogen) atoms. The average Bonchev–Trinajstić information content (AvgIpc) is 2.75. The van der Waals surface area contributed by atoms with Crippen LogP contribution < -0.4 is 5.32 Å². The molecule has 1 unspecified atom stereocenters. The first-order valence-corrected chi connectivity index (χ1v) is 5.91. The molecule has 1 N–H and O–H groups in total. The lowest BCUT2D eigenvalue weighted by molar-refractivity contribution is -0.123. The molecule has 0 aliphatic rings. The number of nitrogens with zero attached hydrogens (tertiary/aromatic N) is 2. The Morgan fingerprint density at radius 2 is 2.24 bits per heavy atom. The number of nitrogens with one attached hydrogen (secondary N) is 1. The summed E-state index contributed by atoms with van der Waals surface area (Å²) in [5.74, 6) is 0.533. The molecular weight excluding hydrogens is 214 g/mol. The Kier molecular flexibility index (Phi) is 4.77. The second kappa shape index (κ2) is 6.09. The fraction of sp³-hybridized carbons (Fsp3) is 0.538. The van der Waals surface area contributed by atoms with E-state index in [4.69, 9.17) is 5.26 Å². The predicted molar refractivity (Wildman–Crippen MR) is 66.3 cm³/mol. The Bertz CT molecular complexity index is 415. The van der Waals surface area contributed by atoms with E-state index in [2.05, 4.69) is 25.2 Å². The molecule has 0 aliphatic heterocycles. The Balaban J connectivity index is 2.56. The lowest BCUT2D eigenvalue weighted by Crippen LogP contribution is -2.32. The Morgan fingerprint density at radius 1 is 1.53 bits per heavy atom. The molecule has 1 rings (SSSR count). The molecule has 0 aromatic carbocycles. The van der Waals surface area contributed by atoms with Crippen molar-refractivity contribution in [3.8, 4) is 6.07 Å². The van der Waals surface area contributed by atoms with Gasteiger partial charge in [0.1, 0.15) is 17.8 Å². The molecule has 0 bridgehead atoms. The first-order valence-electron chi connectivity index (χ1n) is 5.91. The molecule has 0 aliphatic carbocycles. The van der Waals surface area contributed by atoms with Gasteiger partial charge in [-0.05, 0) is 31.4 Å². The minimum absolute atomic E-state index is 0.0432.